The van der Waals surface area contributed by atoms with E-state index in [1.807, 2.05) is 13.8 Å². The van der Waals surface area contributed by atoms with Gasteiger partial charge in [0.25, 0.3) is 5.24 Å². The van der Waals surface area contributed by atoms with Gasteiger partial charge in [-0.3, -0.25) is 9.59 Å². The highest BCUT2D eigenvalue weighted by Gasteiger charge is 2.16. The molecule has 0 N–H and O–H groups in total. The Morgan fingerprint density at radius 1 is 1.42 bits per heavy atom. The van der Waals surface area contributed by atoms with Gasteiger partial charge in [-0.2, -0.15) is 0 Å². The van der Waals surface area contributed by atoms with E-state index < -0.39 is 11.1 Å². The van der Waals surface area contributed by atoms with Crippen LogP contribution in [0.5, 0.6) is 0 Å². The monoisotopic (exact) mass is 366 g/mol. The summed E-state index contributed by atoms with van der Waals surface area (Å²) in [7, 11) is 0. The molecule has 0 aromatic heterocycles. The number of thioether (sulfide) groups is 1. The predicted octanol–water partition coefficient (Wildman–Crippen LogP) is 5.02. The number of rotatable bonds is 5. The second kappa shape index (κ2) is 7.41. The fourth-order valence-electron chi connectivity index (χ4n) is 1.34. The van der Waals surface area contributed by atoms with E-state index in [4.69, 9.17) is 11.6 Å². The van der Waals surface area contributed by atoms with Crippen molar-refractivity contribution in [2.24, 2.45) is 5.92 Å². The first-order valence-electron chi connectivity index (χ1n) is 5.70. The molecule has 0 saturated heterocycles. The van der Waals surface area contributed by atoms with Crippen molar-refractivity contribution in [2.45, 2.75) is 31.6 Å². The molecule has 19 heavy (non-hydrogen) atoms. The fourth-order valence-corrected chi connectivity index (χ4v) is 2.84. The van der Waals surface area contributed by atoms with Crippen LogP contribution in [0.4, 0.5) is 4.39 Å². The molecule has 1 aromatic rings. The standard InChI is InChI=1S/C13H13BrClFO2S/c1-7(2)3-4-12(17)19-11-5-8(13(15)18)10(16)6-9(11)14/h5-7H,3-4H2,1-2H3. The molecule has 0 fully saturated rings. The van der Waals surface area contributed by atoms with E-state index in [1.165, 1.54) is 6.07 Å². The summed E-state index contributed by atoms with van der Waals surface area (Å²) in [5.41, 5.74) is -0.218. The molecule has 6 heteroatoms. The highest BCUT2D eigenvalue weighted by Crippen LogP contribution is 2.32. The third-order valence-corrected chi connectivity index (χ3v) is 4.49. The minimum absolute atomic E-state index is 0.0195. The minimum atomic E-state index is -0.874. The lowest BCUT2D eigenvalue weighted by Crippen LogP contribution is -1.99. The molecule has 104 valence electrons. The van der Waals surface area contributed by atoms with Crippen molar-refractivity contribution in [3.05, 3.63) is 28.0 Å². The average molecular weight is 368 g/mol. The van der Waals surface area contributed by atoms with Gasteiger partial charge in [-0.15, -0.1) is 0 Å². The molecule has 0 saturated carbocycles. The third kappa shape index (κ3) is 5.24. The van der Waals surface area contributed by atoms with Crippen LogP contribution in [0.15, 0.2) is 21.5 Å². The van der Waals surface area contributed by atoms with E-state index in [0.29, 0.717) is 21.7 Å². The first kappa shape index (κ1) is 16.7. The van der Waals surface area contributed by atoms with Crippen LogP contribution in [0.3, 0.4) is 0 Å². The Labute approximate surface area is 129 Å². The van der Waals surface area contributed by atoms with Gasteiger partial charge >= 0.3 is 0 Å². The number of hydrogen-bond donors (Lipinski definition) is 0. The number of carbonyl (C=O) groups is 2. The zero-order chi connectivity index (χ0) is 14.6. The fraction of sp³-hybridized carbons (Fsp3) is 0.385. The van der Waals surface area contributed by atoms with E-state index in [1.54, 1.807) is 0 Å². The van der Waals surface area contributed by atoms with Gasteiger partial charge < -0.3 is 0 Å². The summed E-state index contributed by atoms with van der Waals surface area (Å²) in [5, 5.41) is -0.893. The molecule has 0 aliphatic heterocycles. The first-order chi connectivity index (χ1) is 8.81. The van der Waals surface area contributed by atoms with Gasteiger partial charge in [-0.1, -0.05) is 25.6 Å². The van der Waals surface area contributed by atoms with Crippen molar-refractivity contribution in [3.8, 4) is 0 Å². The summed E-state index contributed by atoms with van der Waals surface area (Å²) in [6.07, 6.45) is 1.24. The van der Waals surface area contributed by atoms with Crippen LogP contribution >= 0.6 is 39.3 Å². The Balaban J connectivity index is 2.86. The molecular formula is C13H13BrClFO2S. The molecule has 2 nitrogen and oxygen atoms in total. The van der Waals surface area contributed by atoms with Gasteiger partial charge in [-0.05, 0) is 52.0 Å². The largest absolute Gasteiger partial charge is 0.287 e. The molecule has 0 atom stereocenters. The Hall–Kier alpha value is -0.390. The summed E-state index contributed by atoms with van der Waals surface area (Å²) < 4.78 is 13.9. The zero-order valence-corrected chi connectivity index (χ0v) is 13.7. The summed E-state index contributed by atoms with van der Waals surface area (Å²) >= 11 is 9.44. The third-order valence-electron chi connectivity index (χ3n) is 2.38. The summed E-state index contributed by atoms with van der Waals surface area (Å²) in [6.45, 7) is 4.08. The van der Waals surface area contributed by atoms with Crippen molar-refractivity contribution in [3.63, 3.8) is 0 Å². The van der Waals surface area contributed by atoms with Crippen molar-refractivity contribution >= 4 is 49.7 Å². The van der Waals surface area contributed by atoms with E-state index in [-0.39, 0.29) is 10.7 Å². The van der Waals surface area contributed by atoms with E-state index in [2.05, 4.69) is 15.9 Å². The van der Waals surface area contributed by atoms with Gasteiger partial charge in [0, 0.05) is 15.8 Å². The van der Waals surface area contributed by atoms with Gasteiger partial charge in [-0.25, -0.2) is 4.39 Å². The molecule has 0 bridgehead atoms. The molecular weight excluding hydrogens is 355 g/mol. The van der Waals surface area contributed by atoms with Crippen LogP contribution in [0.2, 0.25) is 0 Å². The molecule has 0 amide bonds. The molecule has 1 rings (SSSR count). The number of benzene rings is 1. The van der Waals surface area contributed by atoms with Gasteiger partial charge in [0.2, 0.25) is 0 Å². The number of hydrogen-bond acceptors (Lipinski definition) is 3. The Bertz CT molecular complexity index is 506. The second-order valence-corrected chi connectivity index (χ2v) is 6.74. The SMILES string of the molecule is CC(C)CCC(=O)Sc1cc(C(=O)Cl)c(F)cc1Br. The maximum Gasteiger partial charge on any atom is 0.255 e. The van der Waals surface area contributed by atoms with Gasteiger partial charge in [0.1, 0.15) is 5.82 Å². The summed E-state index contributed by atoms with van der Waals surface area (Å²) in [4.78, 5) is 23.3. The van der Waals surface area contributed by atoms with E-state index in [0.717, 1.165) is 24.2 Å². The lowest BCUT2D eigenvalue weighted by molar-refractivity contribution is -0.111. The Morgan fingerprint density at radius 2 is 2.05 bits per heavy atom. The molecule has 0 aliphatic rings. The highest BCUT2D eigenvalue weighted by molar-refractivity contribution is 9.10. The quantitative estimate of drug-likeness (QED) is 0.541. The van der Waals surface area contributed by atoms with Gasteiger partial charge in [0.15, 0.2) is 5.12 Å². The Morgan fingerprint density at radius 3 is 2.58 bits per heavy atom. The minimum Gasteiger partial charge on any atom is -0.287 e. The normalized spacial score (nSPS) is 10.8. The number of halogens is 3. The van der Waals surface area contributed by atoms with Crippen molar-refractivity contribution in [2.75, 3.05) is 0 Å². The molecule has 0 aliphatic carbocycles. The maximum atomic E-state index is 13.4. The smallest absolute Gasteiger partial charge is 0.255 e. The summed E-state index contributed by atoms with van der Waals surface area (Å²) in [6, 6.07) is 2.44. The van der Waals surface area contributed by atoms with Crippen molar-refractivity contribution in [1.29, 1.82) is 0 Å². The topological polar surface area (TPSA) is 34.1 Å². The molecule has 0 radical (unpaired) electrons. The highest BCUT2D eigenvalue weighted by atomic mass is 79.9. The van der Waals surface area contributed by atoms with Crippen LogP contribution in [-0.4, -0.2) is 10.4 Å². The van der Waals surface area contributed by atoms with Crippen LogP contribution in [0, 0.1) is 11.7 Å². The number of carbonyl (C=O) groups excluding carboxylic acids is 2. The predicted molar refractivity (Wildman–Crippen MR) is 79.2 cm³/mol. The Kier molecular flexibility index (Phi) is 6.50. The zero-order valence-electron chi connectivity index (χ0n) is 10.5. The van der Waals surface area contributed by atoms with Crippen LogP contribution in [0.1, 0.15) is 37.0 Å². The van der Waals surface area contributed by atoms with Crippen LogP contribution in [-0.2, 0) is 4.79 Å². The molecule has 0 unspecified atom stereocenters. The molecule has 1 aromatic carbocycles. The average Bonchev–Trinajstić information content (AvgIpc) is 2.29. The first-order valence-corrected chi connectivity index (χ1v) is 7.69. The maximum absolute atomic E-state index is 13.4. The van der Waals surface area contributed by atoms with Gasteiger partial charge in [0.05, 0.1) is 5.56 Å². The van der Waals surface area contributed by atoms with Crippen molar-refractivity contribution < 1.29 is 14.0 Å². The van der Waals surface area contributed by atoms with E-state index in [9.17, 15) is 14.0 Å². The lowest BCUT2D eigenvalue weighted by Gasteiger charge is -2.07. The second-order valence-electron chi connectivity index (χ2n) is 4.44. The van der Waals surface area contributed by atoms with Crippen molar-refractivity contribution in [1.82, 2.24) is 0 Å². The summed E-state index contributed by atoms with van der Waals surface area (Å²) in [5.74, 6) is -0.257. The molecule has 0 spiro atoms. The van der Waals surface area contributed by atoms with Crippen LogP contribution in [0.25, 0.3) is 0 Å². The van der Waals surface area contributed by atoms with E-state index >= 15 is 0 Å². The van der Waals surface area contributed by atoms with Crippen LogP contribution < -0.4 is 0 Å². The molecule has 0 heterocycles. The lowest BCUT2D eigenvalue weighted by atomic mass is 10.1.